The molecule has 1 saturated carbocycles. The lowest BCUT2D eigenvalue weighted by molar-refractivity contribution is -0.138. The zero-order valence-corrected chi connectivity index (χ0v) is 12.5. The molecular weight excluding hydrogens is 268 g/mol. The van der Waals surface area contributed by atoms with Crippen LogP contribution in [0.25, 0.3) is 0 Å². The molecule has 1 aliphatic rings. The van der Waals surface area contributed by atoms with Gasteiger partial charge >= 0.3 is 5.97 Å². The molecule has 0 saturated heterocycles. The second-order valence-electron chi connectivity index (χ2n) is 5.64. The molecule has 1 fully saturated rings. The van der Waals surface area contributed by atoms with Crippen molar-refractivity contribution in [3.8, 4) is 0 Å². The van der Waals surface area contributed by atoms with Gasteiger partial charge in [-0.25, -0.2) is 0 Å². The number of rotatable bonds is 7. The summed E-state index contributed by atoms with van der Waals surface area (Å²) in [6, 6.07) is 7.67. The fourth-order valence-corrected chi connectivity index (χ4v) is 2.36. The van der Waals surface area contributed by atoms with Gasteiger partial charge in [-0.1, -0.05) is 17.7 Å². The molecule has 0 heterocycles. The highest BCUT2D eigenvalue weighted by Crippen LogP contribution is 2.29. The third kappa shape index (κ3) is 4.56. The average molecular weight is 290 g/mol. The van der Waals surface area contributed by atoms with E-state index in [-0.39, 0.29) is 18.4 Å². The molecule has 114 valence electrons. The number of hydrogen-bond donors (Lipinski definition) is 2. The van der Waals surface area contributed by atoms with Crippen LogP contribution in [0.4, 0.5) is 5.69 Å². The van der Waals surface area contributed by atoms with Gasteiger partial charge < -0.3 is 10.4 Å². The Bertz CT molecular complexity index is 509. The Morgan fingerprint density at radius 1 is 1.33 bits per heavy atom. The quantitative estimate of drug-likeness (QED) is 0.808. The first-order valence-corrected chi connectivity index (χ1v) is 7.32. The average Bonchev–Trinajstić information content (AvgIpc) is 3.25. The second-order valence-corrected chi connectivity index (χ2v) is 5.64. The zero-order valence-electron chi connectivity index (χ0n) is 12.5. The molecule has 1 atom stereocenters. The summed E-state index contributed by atoms with van der Waals surface area (Å²) in [5.74, 6) is -0.914. The molecule has 1 amide bonds. The van der Waals surface area contributed by atoms with Crippen LogP contribution >= 0.6 is 0 Å². The highest BCUT2D eigenvalue weighted by Gasteiger charge is 2.35. The van der Waals surface area contributed by atoms with E-state index in [1.54, 1.807) is 0 Å². The van der Waals surface area contributed by atoms with Crippen molar-refractivity contribution in [1.82, 2.24) is 4.90 Å². The SMILES string of the molecule is Cc1ccc(NC(=O)C(C)N(CCC(=O)O)C2CC2)cc1. The van der Waals surface area contributed by atoms with Crippen LogP contribution in [-0.2, 0) is 9.59 Å². The number of carboxylic acid groups (broad SMARTS) is 1. The van der Waals surface area contributed by atoms with Crippen LogP contribution in [0.15, 0.2) is 24.3 Å². The van der Waals surface area contributed by atoms with Gasteiger partial charge in [0.1, 0.15) is 0 Å². The summed E-state index contributed by atoms with van der Waals surface area (Å²) in [5.41, 5.74) is 1.91. The molecule has 0 aliphatic heterocycles. The van der Waals surface area contributed by atoms with Crippen molar-refractivity contribution >= 4 is 17.6 Å². The number of carbonyl (C=O) groups excluding carboxylic acids is 1. The van der Waals surface area contributed by atoms with E-state index in [1.807, 2.05) is 43.0 Å². The Morgan fingerprint density at radius 2 is 1.95 bits per heavy atom. The predicted octanol–water partition coefficient (Wildman–Crippen LogP) is 2.26. The summed E-state index contributed by atoms with van der Waals surface area (Å²) < 4.78 is 0. The van der Waals surface area contributed by atoms with E-state index in [2.05, 4.69) is 5.32 Å². The zero-order chi connectivity index (χ0) is 15.4. The van der Waals surface area contributed by atoms with Crippen molar-refractivity contribution in [2.45, 2.75) is 45.2 Å². The molecule has 5 nitrogen and oxygen atoms in total. The van der Waals surface area contributed by atoms with Gasteiger partial charge in [0.15, 0.2) is 0 Å². The number of benzene rings is 1. The third-order valence-electron chi connectivity index (χ3n) is 3.80. The van der Waals surface area contributed by atoms with Crippen LogP contribution < -0.4 is 5.32 Å². The van der Waals surface area contributed by atoms with Crippen LogP contribution in [0.5, 0.6) is 0 Å². The van der Waals surface area contributed by atoms with Gasteiger partial charge in [0.05, 0.1) is 12.5 Å². The normalized spacial score (nSPS) is 15.8. The molecule has 0 bridgehead atoms. The van der Waals surface area contributed by atoms with Crippen LogP contribution in [0, 0.1) is 6.92 Å². The maximum atomic E-state index is 12.3. The molecule has 0 radical (unpaired) electrons. The molecule has 2 N–H and O–H groups in total. The number of anilines is 1. The number of aliphatic carboxylic acids is 1. The van der Waals surface area contributed by atoms with Crippen molar-refractivity contribution in [1.29, 1.82) is 0 Å². The molecule has 0 spiro atoms. The van der Waals surface area contributed by atoms with Crippen LogP contribution in [-0.4, -0.2) is 40.5 Å². The molecule has 5 heteroatoms. The summed E-state index contributed by atoms with van der Waals surface area (Å²) >= 11 is 0. The van der Waals surface area contributed by atoms with E-state index < -0.39 is 5.97 Å². The maximum Gasteiger partial charge on any atom is 0.304 e. The molecule has 1 aliphatic carbocycles. The van der Waals surface area contributed by atoms with Gasteiger partial charge in [-0.2, -0.15) is 0 Å². The topological polar surface area (TPSA) is 69.6 Å². The van der Waals surface area contributed by atoms with Crippen molar-refractivity contribution in [2.24, 2.45) is 0 Å². The van der Waals surface area contributed by atoms with Crippen LogP contribution in [0.2, 0.25) is 0 Å². The minimum atomic E-state index is -0.827. The molecular formula is C16H22N2O3. The summed E-state index contributed by atoms with van der Waals surface area (Å²) in [6.07, 6.45) is 2.15. The molecule has 1 aromatic carbocycles. The van der Waals surface area contributed by atoms with E-state index >= 15 is 0 Å². The number of carboxylic acids is 1. The van der Waals surface area contributed by atoms with Gasteiger partial charge in [0, 0.05) is 18.3 Å². The van der Waals surface area contributed by atoms with E-state index in [4.69, 9.17) is 5.11 Å². The van der Waals surface area contributed by atoms with Gasteiger partial charge in [0.25, 0.3) is 0 Å². The van der Waals surface area contributed by atoms with Gasteiger partial charge in [0.2, 0.25) is 5.91 Å². The number of nitrogens with zero attached hydrogens (tertiary/aromatic N) is 1. The van der Waals surface area contributed by atoms with Crippen LogP contribution in [0.3, 0.4) is 0 Å². The second kappa shape index (κ2) is 6.72. The standard InChI is InChI=1S/C16H22N2O3/c1-11-3-5-13(6-4-11)17-16(21)12(2)18(14-7-8-14)10-9-15(19)20/h3-6,12,14H,7-10H2,1-2H3,(H,17,21)(H,19,20). The van der Waals surface area contributed by atoms with Gasteiger partial charge in [-0.05, 0) is 38.8 Å². The Hall–Kier alpha value is -1.88. The van der Waals surface area contributed by atoms with Gasteiger partial charge in [-0.3, -0.25) is 14.5 Å². The summed E-state index contributed by atoms with van der Waals surface area (Å²) in [6.45, 7) is 4.25. The molecule has 21 heavy (non-hydrogen) atoms. The van der Waals surface area contributed by atoms with Crippen molar-refractivity contribution < 1.29 is 14.7 Å². The maximum absolute atomic E-state index is 12.3. The molecule has 1 unspecified atom stereocenters. The smallest absolute Gasteiger partial charge is 0.304 e. The third-order valence-corrected chi connectivity index (χ3v) is 3.80. The number of amides is 1. The number of nitrogens with one attached hydrogen (secondary N) is 1. The van der Waals surface area contributed by atoms with Gasteiger partial charge in [-0.15, -0.1) is 0 Å². The fraction of sp³-hybridized carbons (Fsp3) is 0.500. The predicted molar refractivity (Wildman–Crippen MR) is 81.3 cm³/mol. The van der Waals surface area contributed by atoms with Crippen molar-refractivity contribution in [3.05, 3.63) is 29.8 Å². The Kier molecular flexibility index (Phi) is 4.96. The number of carbonyl (C=O) groups is 2. The van der Waals surface area contributed by atoms with Crippen molar-refractivity contribution in [2.75, 3.05) is 11.9 Å². The monoisotopic (exact) mass is 290 g/mol. The highest BCUT2D eigenvalue weighted by molar-refractivity contribution is 5.94. The lowest BCUT2D eigenvalue weighted by Crippen LogP contribution is -2.44. The lowest BCUT2D eigenvalue weighted by Gasteiger charge is -2.27. The van der Waals surface area contributed by atoms with E-state index in [1.165, 1.54) is 0 Å². The largest absolute Gasteiger partial charge is 0.481 e. The van der Waals surface area contributed by atoms with E-state index in [0.717, 1.165) is 24.1 Å². The minimum absolute atomic E-state index is 0.0681. The molecule has 2 rings (SSSR count). The Balaban J connectivity index is 1.95. The first kappa shape index (κ1) is 15.5. The highest BCUT2D eigenvalue weighted by atomic mass is 16.4. The Labute approximate surface area is 125 Å². The van der Waals surface area contributed by atoms with Crippen LogP contribution in [0.1, 0.15) is 31.7 Å². The minimum Gasteiger partial charge on any atom is -0.481 e. The van der Waals surface area contributed by atoms with E-state index in [9.17, 15) is 9.59 Å². The first-order valence-electron chi connectivity index (χ1n) is 7.32. The van der Waals surface area contributed by atoms with E-state index in [0.29, 0.717) is 12.6 Å². The molecule has 1 aromatic rings. The first-order chi connectivity index (χ1) is 9.97. The number of aryl methyl sites for hydroxylation is 1. The fourth-order valence-electron chi connectivity index (χ4n) is 2.36. The Morgan fingerprint density at radius 3 is 2.48 bits per heavy atom. The summed E-state index contributed by atoms with van der Waals surface area (Å²) in [7, 11) is 0. The summed E-state index contributed by atoms with van der Waals surface area (Å²) in [5, 5.41) is 11.7. The summed E-state index contributed by atoms with van der Waals surface area (Å²) in [4.78, 5) is 25.0. The molecule has 0 aromatic heterocycles. The lowest BCUT2D eigenvalue weighted by atomic mass is 10.2. The van der Waals surface area contributed by atoms with Crippen molar-refractivity contribution in [3.63, 3.8) is 0 Å². The number of hydrogen-bond acceptors (Lipinski definition) is 3.